The lowest BCUT2D eigenvalue weighted by Gasteiger charge is -2.29. The average Bonchev–Trinajstić information content (AvgIpc) is 3.70. The molecule has 15 heteroatoms. The zero-order valence-corrected chi connectivity index (χ0v) is 30.9. The fourth-order valence-electron chi connectivity index (χ4n) is 6.81. The summed E-state index contributed by atoms with van der Waals surface area (Å²) in [6.45, 7) is 9.65. The second-order valence-corrected chi connectivity index (χ2v) is 14.8. The second kappa shape index (κ2) is 14.5. The van der Waals surface area contributed by atoms with E-state index >= 15 is 0 Å². The van der Waals surface area contributed by atoms with E-state index in [0.29, 0.717) is 35.2 Å². The maximum Gasteiger partial charge on any atom is 0.266 e. The quantitative estimate of drug-likeness (QED) is 0.157. The highest BCUT2D eigenvalue weighted by atomic mass is 35.5. The molecule has 4 aromatic rings. The Morgan fingerprint density at radius 1 is 1.06 bits per heavy atom. The van der Waals surface area contributed by atoms with Gasteiger partial charge in [0.25, 0.3) is 11.8 Å². The predicted molar refractivity (Wildman–Crippen MR) is 198 cm³/mol. The summed E-state index contributed by atoms with van der Waals surface area (Å²) in [4.78, 5) is 72.4. The Balaban J connectivity index is 0.968. The van der Waals surface area contributed by atoms with Crippen LogP contribution in [-0.4, -0.2) is 74.0 Å². The fraction of sp³-hybridized carbons (Fsp3) is 0.316. The number of carbonyl (C=O) groups excluding carboxylic acids is 5. The van der Waals surface area contributed by atoms with Gasteiger partial charge in [0.2, 0.25) is 11.8 Å². The van der Waals surface area contributed by atoms with Crippen LogP contribution in [-0.2, 0) is 14.4 Å². The smallest absolute Gasteiger partial charge is 0.266 e. The minimum absolute atomic E-state index is 0.0133. The number of benzene rings is 2. The minimum atomic E-state index is -0.956. The van der Waals surface area contributed by atoms with Crippen molar-refractivity contribution >= 4 is 58.1 Å². The molecule has 0 saturated carbocycles. The van der Waals surface area contributed by atoms with E-state index in [-0.39, 0.29) is 61.0 Å². The Bertz CT molecular complexity index is 2240. The number of nitrogens with one attached hydrogen (secondary N) is 2. The van der Waals surface area contributed by atoms with Crippen molar-refractivity contribution in [1.82, 2.24) is 30.3 Å². The van der Waals surface area contributed by atoms with Crippen LogP contribution in [0.2, 0.25) is 5.02 Å². The summed E-state index contributed by atoms with van der Waals surface area (Å²) in [5.41, 5.74) is 4.37. The Morgan fingerprint density at radius 2 is 1.83 bits per heavy atom. The third-order valence-corrected chi connectivity index (χ3v) is 11.1. The summed E-state index contributed by atoms with van der Waals surface area (Å²) in [6.07, 6.45) is 1.19. The van der Waals surface area contributed by atoms with Gasteiger partial charge < -0.3 is 15.4 Å². The van der Waals surface area contributed by atoms with E-state index in [1.807, 2.05) is 35.8 Å². The number of aromatic nitrogens is 3. The highest BCUT2D eigenvalue weighted by molar-refractivity contribution is 7.15. The van der Waals surface area contributed by atoms with Gasteiger partial charge in [-0.2, -0.15) is 0 Å². The maximum absolute atomic E-state index is 13.4. The molecule has 2 aromatic heterocycles. The molecule has 0 spiro atoms. The molecule has 5 heterocycles. The number of rotatable bonds is 11. The number of halogens is 1. The first kappa shape index (κ1) is 35.9. The number of aryl methyl sites for hydroxylation is 2. The molecule has 13 nitrogen and oxygen atoms in total. The van der Waals surface area contributed by atoms with Gasteiger partial charge in [-0.15, -0.1) is 21.5 Å². The second-order valence-electron chi connectivity index (χ2n) is 13.2. The molecule has 0 radical (unpaired) electrons. The van der Waals surface area contributed by atoms with Gasteiger partial charge in [0.1, 0.15) is 35.3 Å². The molecule has 0 bridgehead atoms. The largest absolute Gasteiger partial charge is 0.485 e. The molecule has 2 aromatic carbocycles. The van der Waals surface area contributed by atoms with Crippen LogP contribution in [0.3, 0.4) is 0 Å². The first-order valence-electron chi connectivity index (χ1n) is 17.2. The van der Waals surface area contributed by atoms with Crippen molar-refractivity contribution in [2.45, 2.75) is 65.0 Å². The first-order valence-corrected chi connectivity index (χ1v) is 18.4. The molecule has 53 heavy (non-hydrogen) atoms. The van der Waals surface area contributed by atoms with Crippen LogP contribution in [0.15, 0.2) is 59.7 Å². The third kappa shape index (κ3) is 6.79. The number of imide groups is 1. The van der Waals surface area contributed by atoms with Gasteiger partial charge in [-0.25, -0.2) is 0 Å². The Kier molecular flexibility index (Phi) is 9.83. The zero-order valence-electron chi connectivity index (χ0n) is 29.3. The number of nitrogens with zero attached hydrogens (tertiary/aromatic N) is 5. The number of allylic oxidation sites excluding steroid dienone is 1. The number of thiophene rings is 1. The van der Waals surface area contributed by atoms with E-state index in [2.05, 4.69) is 41.3 Å². The lowest BCUT2D eigenvalue weighted by Crippen LogP contribution is -2.51. The van der Waals surface area contributed by atoms with Gasteiger partial charge in [0.05, 0.1) is 23.3 Å². The lowest BCUT2D eigenvalue weighted by molar-refractivity contribution is -0.125. The van der Waals surface area contributed by atoms with Crippen LogP contribution in [0, 0.1) is 20.8 Å². The first-order chi connectivity index (χ1) is 25.4. The van der Waals surface area contributed by atoms with Crippen molar-refractivity contribution in [3.05, 3.63) is 104 Å². The summed E-state index contributed by atoms with van der Waals surface area (Å²) in [7, 11) is 0. The van der Waals surface area contributed by atoms with Gasteiger partial charge in [-0.05, 0) is 69.9 Å². The van der Waals surface area contributed by atoms with Crippen molar-refractivity contribution in [3.63, 3.8) is 0 Å². The number of amides is 4. The Hall–Kier alpha value is -5.47. The van der Waals surface area contributed by atoms with Crippen molar-refractivity contribution in [2.75, 3.05) is 13.2 Å². The van der Waals surface area contributed by atoms with Crippen molar-refractivity contribution in [2.24, 2.45) is 4.99 Å². The fourth-order valence-corrected chi connectivity index (χ4v) is 8.15. The summed E-state index contributed by atoms with van der Waals surface area (Å²) in [5.74, 6) is -0.850. The molecule has 7 rings (SSSR count). The van der Waals surface area contributed by atoms with E-state index in [1.54, 1.807) is 17.4 Å². The molecular weight excluding hydrogens is 718 g/mol. The van der Waals surface area contributed by atoms with E-state index in [4.69, 9.17) is 21.3 Å². The van der Waals surface area contributed by atoms with Crippen LogP contribution in [0.1, 0.15) is 92.1 Å². The summed E-state index contributed by atoms with van der Waals surface area (Å²) in [6, 6.07) is 10.5. The van der Waals surface area contributed by atoms with Crippen LogP contribution in [0.4, 0.5) is 0 Å². The molecule has 4 amide bonds. The summed E-state index contributed by atoms with van der Waals surface area (Å²) >= 11 is 7.84. The molecule has 3 aliphatic rings. The molecule has 0 aliphatic carbocycles. The average molecular weight is 754 g/mol. The molecule has 1 fully saturated rings. The maximum atomic E-state index is 13.4. The van der Waals surface area contributed by atoms with E-state index in [1.165, 1.54) is 12.1 Å². The molecule has 3 aliphatic heterocycles. The molecule has 1 saturated heterocycles. The number of hydrogen-bond acceptors (Lipinski definition) is 10. The zero-order chi connectivity index (χ0) is 37.6. The van der Waals surface area contributed by atoms with E-state index in [0.717, 1.165) is 37.2 Å². The monoisotopic (exact) mass is 753 g/mol. The van der Waals surface area contributed by atoms with Gasteiger partial charge in [0, 0.05) is 39.7 Å². The lowest BCUT2D eigenvalue weighted by atomic mass is 9.99. The van der Waals surface area contributed by atoms with E-state index < -0.39 is 29.8 Å². The van der Waals surface area contributed by atoms with E-state index in [9.17, 15) is 24.0 Å². The van der Waals surface area contributed by atoms with Crippen LogP contribution < -0.4 is 15.4 Å². The van der Waals surface area contributed by atoms with Crippen molar-refractivity contribution < 1.29 is 28.7 Å². The molecular formula is C38H36ClN7O6S. The van der Waals surface area contributed by atoms with Crippen LogP contribution >= 0.6 is 22.9 Å². The molecule has 1 unspecified atom stereocenters. The number of ether oxygens (including phenoxy) is 1. The summed E-state index contributed by atoms with van der Waals surface area (Å²) < 4.78 is 7.72. The predicted octanol–water partition coefficient (Wildman–Crippen LogP) is 5.12. The molecule has 2 N–H and O–H groups in total. The van der Waals surface area contributed by atoms with Gasteiger partial charge in [-0.1, -0.05) is 36.4 Å². The number of piperidine rings is 1. The van der Waals surface area contributed by atoms with Gasteiger partial charge in [-0.3, -0.25) is 38.4 Å². The molecule has 2 atom stereocenters. The Labute approximate surface area is 314 Å². The Morgan fingerprint density at radius 3 is 2.58 bits per heavy atom. The number of ketones is 1. The normalized spacial score (nSPS) is 17.8. The number of carbonyl (C=O) groups is 5. The number of Topliss-reactive ketones (excluding diaryl/α,β-unsaturated/α-hetero) is 1. The van der Waals surface area contributed by atoms with Crippen molar-refractivity contribution in [1.29, 1.82) is 0 Å². The number of fused-ring (bicyclic) bond motifs is 4. The number of hydrogen-bond donors (Lipinski definition) is 2. The number of aliphatic imine (C=N–C) groups is 1. The summed E-state index contributed by atoms with van der Waals surface area (Å²) in [5, 5.41) is 15.8. The standard InChI is InChI=1S/C38H36ClN7O6S/c1-19-10-15-28(35(49)41-19)46-36(50)26-8-5-9-29(32(26)37(46)51)52-18-25(47)7-6-16-40-30(48)17-27-34-44-43-22(4)45(34)38-31(20(2)21(3)53-38)33(42-27)23-11-13-24(39)14-12-23/h5,8-9,11-14,27-28H,1,6-7,10,15-18H2,2-4H3,(H,40,48)(H,41,49)/t27-,28?/m0/s1. The van der Waals surface area contributed by atoms with Crippen LogP contribution in [0.25, 0.3) is 5.00 Å². The van der Waals surface area contributed by atoms with Crippen molar-refractivity contribution in [3.8, 4) is 10.8 Å². The topological polar surface area (TPSA) is 165 Å². The SMILES string of the molecule is C=C1CCC(N2C(=O)c3cccc(OCC(=O)CCCNC(=O)C[C@@H]4N=C(c5ccc(Cl)cc5)c5c(sc(C)c5C)-n5c(C)nnc54)c3C2=O)C(=O)N1. The third-order valence-electron chi connectivity index (χ3n) is 9.62. The van der Waals surface area contributed by atoms with Crippen LogP contribution in [0.5, 0.6) is 5.75 Å². The van der Waals surface area contributed by atoms with Gasteiger partial charge in [0.15, 0.2) is 11.6 Å². The molecule has 272 valence electrons. The highest BCUT2D eigenvalue weighted by Gasteiger charge is 2.45. The minimum Gasteiger partial charge on any atom is -0.485 e. The van der Waals surface area contributed by atoms with Gasteiger partial charge >= 0.3 is 0 Å². The highest BCUT2D eigenvalue weighted by Crippen LogP contribution is 2.40.